The van der Waals surface area contributed by atoms with E-state index in [-0.39, 0.29) is 0 Å². The zero-order valence-electron chi connectivity index (χ0n) is 9.33. The van der Waals surface area contributed by atoms with Crippen molar-refractivity contribution in [2.75, 3.05) is 12.3 Å². The molecule has 84 valence electrons. The lowest BCUT2D eigenvalue weighted by atomic mass is 10.1. The highest BCUT2D eigenvalue weighted by atomic mass is 32.2. The van der Waals surface area contributed by atoms with Crippen molar-refractivity contribution < 1.29 is 0 Å². The van der Waals surface area contributed by atoms with Gasteiger partial charge in [0.1, 0.15) is 0 Å². The molecule has 1 N–H and O–H groups in total. The third kappa shape index (κ3) is 3.01. The van der Waals surface area contributed by atoms with Gasteiger partial charge in [-0.3, -0.25) is 0 Å². The fourth-order valence-corrected chi connectivity index (χ4v) is 2.92. The van der Waals surface area contributed by atoms with Gasteiger partial charge in [0.05, 0.1) is 6.07 Å². The van der Waals surface area contributed by atoms with Gasteiger partial charge in [-0.15, -0.1) is 11.8 Å². The van der Waals surface area contributed by atoms with Crippen molar-refractivity contribution in [3.05, 3.63) is 29.3 Å². The molecular formula is C13H16N2S. The van der Waals surface area contributed by atoms with E-state index >= 15 is 0 Å². The molecule has 0 saturated heterocycles. The predicted octanol–water partition coefficient (Wildman–Crippen LogP) is 2.73. The van der Waals surface area contributed by atoms with Gasteiger partial charge >= 0.3 is 0 Å². The average Bonchev–Trinajstić information content (AvgIpc) is 2.34. The summed E-state index contributed by atoms with van der Waals surface area (Å²) in [4.78, 5) is 1.45. The van der Waals surface area contributed by atoms with E-state index in [4.69, 9.17) is 5.26 Å². The first kappa shape index (κ1) is 11.5. The van der Waals surface area contributed by atoms with E-state index in [2.05, 4.69) is 29.6 Å². The van der Waals surface area contributed by atoms with Gasteiger partial charge < -0.3 is 5.32 Å². The lowest BCUT2D eigenvalue weighted by Crippen LogP contribution is -2.14. The molecule has 0 spiro atoms. The van der Waals surface area contributed by atoms with Gasteiger partial charge in [-0.1, -0.05) is 12.1 Å². The van der Waals surface area contributed by atoms with Crippen LogP contribution in [0.15, 0.2) is 23.1 Å². The molecule has 1 aromatic rings. The van der Waals surface area contributed by atoms with Crippen LogP contribution in [-0.4, -0.2) is 12.3 Å². The van der Waals surface area contributed by atoms with Crippen LogP contribution < -0.4 is 5.32 Å². The molecule has 0 bridgehead atoms. The van der Waals surface area contributed by atoms with Crippen LogP contribution in [0, 0.1) is 11.3 Å². The monoisotopic (exact) mass is 232 g/mol. The smallest absolute Gasteiger partial charge is 0.0635 e. The molecule has 1 heterocycles. The molecule has 1 aliphatic rings. The van der Waals surface area contributed by atoms with Gasteiger partial charge in [-0.05, 0) is 35.8 Å². The number of nitriles is 1. The summed E-state index contributed by atoms with van der Waals surface area (Å²) in [6.45, 7) is 1.65. The Morgan fingerprint density at radius 3 is 3.25 bits per heavy atom. The molecule has 0 atom stereocenters. The zero-order chi connectivity index (χ0) is 11.2. The van der Waals surface area contributed by atoms with Gasteiger partial charge in [-0.2, -0.15) is 5.26 Å². The minimum absolute atomic E-state index is 0.584. The molecule has 0 radical (unpaired) electrons. The van der Waals surface area contributed by atoms with Crippen LogP contribution in [0.3, 0.4) is 0 Å². The van der Waals surface area contributed by atoms with Crippen molar-refractivity contribution in [1.82, 2.24) is 5.32 Å². The Hall–Kier alpha value is -0.980. The molecule has 1 aliphatic heterocycles. The predicted molar refractivity (Wildman–Crippen MR) is 67.4 cm³/mol. The molecule has 0 fully saturated rings. The average molecular weight is 232 g/mol. The first-order valence-electron chi connectivity index (χ1n) is 5.72. The maximum absolute atomic E-state index is 8.43. The van der Waals surface area contributed by atoms with Crippen molar-refractivity contribution in [3.8, 4) is 6.07 Å². The quantitative estimate of drug-likeness (QED) is 0.811. The molecule has 0 aromatic heterocycles. The molecular weight excluding hydrogens is 216 g/mol. The number of hydrogen-bond donors (Lipinski definition) is 1. The summed E-state index contributed by atoms with van der Waals surface area (Å²) in [5.41, 5.74) is 2.83. The topological polar surface area (TPSA) is 35.8 Å². The van der Waals surface area contributed by atoms with Crippen molar-refractivity contribution in [2.24, 2.45) is 0 Å². The summed E-state index contributed by atoms with van der Waals surface area (Å²) in [7, 11) is 0. The highest BCUT2D eigenvalue weighted by Gasteiger charge is 2.09. The number of thioether (sulfide) groups is 1. The summed E-state index contributed by atoms with van der Waals surface area (Å²) in [6, 6.07) is 8.87. The number of benzene rings is 1. The summed E-state index contributed by atoms with van der Waals surface area (Å²) in [5.74, 6) is 1.26. The summed E-state index contributed by atoms with van der Waals surface area (Å²) < 4.78 is 0. The lowest BCUT2D eigenvalue weighted by Gasteiger charge is -2.16. The van der Waals surface area contributed by atoms with Gasteiger partial charge in [0.15, 0.2) is 0 Å². The molecule has 0 unspecified atom stereocenters. The number of nitrogens with one attached hydrogen (secondary N) is 1. The highest BCUT2D eigenvalue weighted by Crippen LogP contribution is 2.30. The molecule has 0 amide bonds. The van der Waals surface area contributed by atoms with Crippen LogP contribution in [0.1, 0.15) is 24.0 Å². The minimum Gasteiger partial charge on any atom is -0.312 e. The number of aryl methyl sites for hydroxylation is 1. The Balaban J connectivity index is 1.93. The highest BCUT2D eigenvalue weighted by molar-refractivity contribution is 7.99. The molecule has 1 aromatic carbocycles. The van der Waals surface area contributed by atoms with Crippen LogP contribution in [0.25, 0.3) is 0 Å². The Morgan fingerprint density at radius 1 is 1.44 bits per heavy atom. The molecule has 2 nitrogen and oxygen atoms in total. The third-order valence-corrected chi connectivity index (χ3v) is 3.92. The van der Waals surface area contributed by atoms with E-state index in [9.17, 15) is 0 Å². The molecule has 2 rings (SSSR count). The zero-order valence-corrected chi connectivity index (χ0v) is 10.1. The largest absolute Gasteiger partial charge is 0.312 e. The fourth-order valence-electron chi connectivity index (χ4n) is 1.90. The Bertz CT molecular complexity index is 395. The number of fused-ring (bicyclic) bond motifs is 1. The van der Waals surface area contributed by atoms with Crippen LogP contribution in [-0.2, 0) is 13.0 Å². The molecule has 0 aliphatic carbocycles. The Morgan fingerprint density at radius 2 is 2.38 bits per heavy atom. The van der Waals surface area contributed by atoms with E-state index < -0.39 is 0 Å². The van der Waals surface area contributed by atoms with Gasteiger partial charge in [-0.25, -0.2) is 0 Å². The van der Waals surface area contributed by atoms with E-state index in [0.717, 1.165) is 13.1 Å². The van der Waals surface area contributed by atoms with Crippen molar-refractivity contribution in [3.63, 3.8) is 0 Å². The summed E-state index contributed by atoms with van der Waals surface area (Å²) in [5, 5.41) is 11.7. The van der Waals surface area contributed by atoms with Crippen LogP contribution >= 0.6 is 11.8 Å². The van der Waals surface area contributed by atoms with Crippen LogP contribution in [0.2, 0.25) is 0 Å². The van der Waals surface area contributed by atoms with Crippen molar-refractivity contribution in [1.29, 1.82) is 5.26 Å². The van der Waals surface area contributed by atoms with Gasteiger partial charge in [0.25, 0.3) is 0 Å². The lowest BCUT2D eigenvalue weighted by molar-refractivity contribution is 0.697. The van der Waals surface area contributed by atoms with Crippen LogP contribution in [0.5, 0.6) is 0 Å². The third-order valence-electron chi connectivity index (χ3n) is 2.72. The second kappa shape index (κ2) is 5.93. The van der Waals surface area contributed by atoms with E-state index in [1.807, 2.05) is 11.8 Å². The molecule has 16 heavy (non-hydrogen) atoms. The second-order valence-corrected chi connectivity index (χ2v) is 5.12. The summed E-state index contributed by atoms with van der Waals surface area (Å²) in [6.07, 6.45) is 3.10. The summed E-state index contributed by atoms with van der Waals surface area (Å²) >= 11 is 1.97. The van der Waals surface area contributed by atoms with Crippen LogP contribution in [0.4, 0.5) is 0 Å². The van der Waals surface area contributed by atoms with Gasteiger partial charge in [0, 0.05) is 24.4 Å². The van der Waals surface area contributed by atoms with E-state index in [1.54, 1.807) is 0 Å². The van der Waals surface area contributed by atoms with Crippen molar-refractivity contribution >= 4 is 11.8 Å². The van der Waals surface area contributed by atoms with Gasteiger partial charge in [0.2, 0.25) is 0 Å². The maximum Gasteiger partial charge on any atom is 0.0635 e. The first-order valence-corrected chi connectivity index (χ1v) is 6.71. The number of nitrogens with zero attached hydrogens (tertiary/aromatic N) is 1. The Labute approximate surface area is 101 Å². The minimum atomic E-state index is 0.584. The molecule has 3 heteroatoms. The molecule has 0 saturated carbocycles. The number of rotatable bonds is 4. The van der Waals surface area contributed by atoms with E-state index in [1.165, 1.54) is 34.6 Å². The maximum atomic E-state index is 8.43. The number of hydrogen-bond acceptors (Lipinski definition) is 3. The fraction of sp³-hybridized carbons (Fsp3) is 0.462. The standard InChI is InChI=1S/C13H16N2S/c14-6-2-7-15-10-11-4-5-13-12(9-11)3-1-8-16-13/h4-5,9,15H,1-3,7-8,10H2. The Kier molecular flexibility index (Phi) is 4.26. The normalized spacial score (nSPS) is 14.2. The first-order chi connectivity index (χ1) is 7.90. The SMILES string of the molecule is N#CCCNCc1ccc2c(c1)CCCS2. The van der Waals surface area contributed by atoms with Crippen molar-refractivity contribution in [2.45, 2.75) is 30.7 Å². The second-order valence-electron chi connectivity index (χ2n) is 3.98. The van der Waals surface area contributed by atoms with E-state index in [0.29, 0.717) is 6.42 Å².